The van der Waals surface area contributed by atoms with Crippen molar-refractivity contribution in [2.45, 2.75) is 44.0 Å². The molecule has 1 fully saturated rings. The van der Waals surface area contributed by atoms with E-state index >= 15 is 0 Å². The van der Waals surface area contributed by atoms with Crippen LogP contribution in [0.25, 0.3) is 0 Å². The maximum absolute atomic E-state index is 12.9. The first-order valence-corrected chi connectivity index (χ1v) is 6.89. The highest BCUT2D eigenvalue weighted by Crippen LogP contribution is 2.35. The largest absolute Gasteiger partial charge is 0.490 e. The number of hydrogen-bond acceptors (Lipinski definition) is 3. The predicted octanol–water partition coefficient (Wildman–Crippen LogP) is 3.49. The van der Waals surface area contributed by atoms with Crippen LogP contribution in [0.4, 0.5) is 13.2 Å². The molecular formula is C15H17F3N2O. The fourth-order valence-electron chi connectivity index (χ4n) is 2.59. The van der Waals surface area contributed by atoms with Crippen molar-refractivity contribution in [2.75, 3.05) is 7.05 Å². The molecule has 0 spiro atoms. The third kappa shape index (κ3) is 3.88. The van der Waals surface area contributed by atoms with Crippen LogP contribution in [0.15, 0.2) is 18.2 Å². The molecule has 6 heteroatoms. The van der Waals surface area contributed by atoms with Crippen LogP contribution in [0.1, 0.15) is 36.8 Å². The van der Waals surface area contributed by atoms with Gasteiger partial charge in [0.05, 0.1) is 23.3 Å². The normalized spacial score (nSPS) is 22.6. The molecule has 1 N–H and O–H groups in total. The molecule has 1 saturated carbocycles. The van der Waals surface area contributed by atoms with Gasteiger partial charge in [0.25, 0.3) is 0 Å². The van der Waals surface area contributed by atoms with Crippen LogP contribution in [0.3, 0.4) is 0 Å². The maximum Gasteiger partial charge on any atom is 0.417 e. The first kappa shape index (κ1) is 15.6. The van der Waals surface area contributed by atoms with Gasteiger partial charge in [0.1, 0.15) is 5.75 Å². The van der Waals surface area contributed by atoms with E-state index < -0.39 is 11.7 Å². The van der Waals surface area contributed by atoms with Gasteiger partial charge in [-0.2, -0.15) is 18.4 Å². The molecule has 1 aromatic rings. The van der Waals surface area contributed by atoms with Crippen molar-refractivity contribution in [1.82, 2.24) is 5.32 Å². The van der Waals surface area contributed by atoms with Gasteiger partial charge in [-0.05, 0) is 50.9 Å². The smallest absolute Gasteiger partial charge is 0.417 e. The Bertz CT molecular complexity index is 529. The number of halogens is 3. The number of nitriles is 1. The second-order valence-electron chi connectivity index (χ2n) is 5.20. The Balaban J connectivity index is 2.10. The standard InChI is InChI=1S/C15H17F3N2O/c1-20-11-3-6-12(7-4-11)21-13-5-2-10(9-19)14(8-13)15(16,17)18/h2,5,8,11-12,20H,3-4,6-7H2,1H3. The van der Waals surface area contributed by atoms with Gasteiger partial charge in [-0.15, -0.1) is 0 Å². The summed E-state index contributed by atoms with van der Waals surface area (Å²) >= 11 is 0. The molecule has 1 aliphatic rings. The van der Waals surface area contributed by atoms with Gasteiger partial charge < -0.3 is 10.1 Å². The van der Waals surface area contributed by atoms with Crippen LogP contribution < -0.4 is 10.1 Å². The lowest BCUT2D eigenvalue weighted by Crippen LogP contribution is -2.34. The van der Waals surface area contributed by atoms with Crippen molar-refractivity contribution >= 4 is 0 Å². The highest BCUT2D eigenvalue weighted by molar-refractivity contribution is 5.44. The summed E-state index contributed by atoms with van der Waals surface area (Å²) in [6, 6.07) is 5.53. The summed E-state index contributed by atoms with van der Waals surface area (Å²) in [6.45, 7) is 0. The first-order valence-electron chi connectivity index (χ1n) is 6.89. The minimum Gasteiger partial charge on any atom is -0.490 e. The lowest BCUT2D eigenvalue weighted by atomic mass is 9.93. The monoisotopic (exact) mass is 298 g/mol. The van der Waals surface area contributed by atoms with E-state index in [-0.39, 0.29) is 17.4 Å². The Morgan fingerprint density at radius 1 is 1.24 bits per heavy atom. The fourth-order valence-corrected chi connectivity index (χ4v) is 2.59. The third-order valence-electron chi connectivity index (χ3n) is 3.80. The molecule has 0 saturated heterocycles. The van der Waals surface area contributed by atoms with Gasteiger partial charge >= 0.3 is 6.18 Å². The van der Waals surface area contributed by atoms with Gasteiger partial charge in [-0.1, -0.05) is 0 Å². The van der Waals surface area contributed by atoms with Crippen LogP contribution in [0.2, 0.25) is 0 Å². The number of hydrogen-bond donors (Lipinski definition) is 1. The van der Waals surface area contributed by atoms with Gasteiger partial charge in [0.2, 0.25) is 0 Å². The Morgan fingerprint density at radius 2 is 1.90 bits per heavy atom. The topological polar surface area (TPSA) is 45.0 Å². The van der Waals surface area contributed by atoms with Crippen molar-refractivity contribution in [3.05, 3.63) is 29.3 Å². The average Bonchev–Trinajstić information content (AvgIpc) is 2.47. The molecule has 1 aromatic carbocycles. The van der Waals surface area contributed by atoms with E-state index in [2.05, 4.69) is 5.32 Å². The van der Waals surface area contributed by atoms with E-state index in [4.69, 9.17) is 10.00 Å². The summed E-state index contributed by atoms with van der Waals surface area (Å²) in [5.41, 5.74) is -1.32. The second-order valence-corrected chi connectivity index (χ2v) is 5.20. The summed E-state index contributed by atoms with van der Waals surface area (Å²) in [5.74, 6) is 0.175. The van der Waals surface area contributed by atoms with E-state index in [1.165, 1.54) is 6.07 Å². The van der Waals surface area contributed by atoms with Gasteiger partial charge in [0, 0.05) is 6.04 Å². The van der Waals surface area contributed by atoms with E-state index in [1.54, 1.807) is 6.07 Å². The Kier molecular flexibility index (Phi) is 4.73. The summed E-state index contributed by atoms with van der Waals surface area (Å²) in [7, 11) is 1.90. The zero-order chi connectivity index (χ0) is 15.5. The first-order chi connectivity index (χ1) is 9.94. The molecule has 0 amide bonds. The molecule has 1 aliphatic carbocycles. The minimum atomic E-state index is -4.55. The van der Waals surface area contributed by atoms with Crippen LogP contribution in [0, 0.1) is 11.3 Å². The maximum atomic E-state index is 12.9. The molecule has 114 valence electrons. The number of benzene rings is 1. The van der Waals surface area contributed by atoms with E-state index in [0.717, 1.165) is 37.8 Å². The highest BCUT2D eigenvalue weighted by Gasteiger charge is 2.34. The van der Waals surface area contributed by atoms with Crippen molar-refractivity contribution < 1.29 is 17.9 Å². The van der Waals surface area contributed by atoms with Gasteiger partial charge in [-0.3, -0.25) is 0 Å². The van der Waals surface area contributed by atoms with Crippen molar-refractivity contribution in [3.8, 4) is 11.8 Å². The SMILES string of the molecule is CNC1CCC(Oc2ccc(C#N)c(C(F)(F)F)c2)CC1. The summed E-state index contributed by atoms with van der Waals surface area (Å²) in [5, 5.41) is 11.9. The van der Waals surface area contributed by atoms with Crippen LogP contribution in [-0.4, -0.2) is 19.2 Å². The van der Waals surface area contributed by atoms with Gasteiger partial charge in [-0.25, -0.2) is 0 Å². The molecular weight excluding hydrogens is 281 g/mol. The Morgan fingerprint density at radius 3 is 2.43 bits per heavy atom. The van der Waals surface area contributed by atoms with Crippen LogP contribution in [0.5, 0.6) is 5.75 Å². The quantitative estimate of drug-likeness (QED) is 0.929. The third-order valence-corrected chi connectivity index (χ3v) is 3.80. The molecule has 0 bridgehead atoms. The summed E-state index contributed by atoms with van der Waals surface area (Å²) < 4.78 is 44.3. The Labute approximate surface area is 121 Å². The zero-order valence-electron chi connectivity index (χ0n) is 11.7. The lowest BCUT2D eigenvalue weighted by molar-refractivity contribution is -0.137. The molecule has 0 aromatic heterocycles. The van der Waals surface area contributed by atoms with Crippen molar-refractivity contribution in [2.24, 2.45) is 0 Å². The average molecular weight is 298 g/mol. The molecule has 0 radical (unpaired) electrons. The predicted molar refractivity (Wildman–Crippen MR) is 71.9 cm³/mol. The number of ether oxygens (including phenoxy) is 1. The van der Waals surface area contributed by atoms with Gasteiger partial charge in [0.15, 0.2) is 0 Å². The molecule has 21 heavy (non-hydrogen) atoms. The Hall–Kier alpha value is -1.74. The fraction of sp³-hybridized carbons (Fsp3) is 0.533. The van der Waals surface area contributed by atoms with Crippen molar-refractivity contribution in [1.29, 1.82) is 5.26 Å². The molecule has 0 aliphatic heterocycles. The van der Waals surface area contributed by atoms with Crippen LogP contribution in [-0.2, 0) is 6.18 Å². The van der Waals surface area contributed by atoms with Crippen LogP contribution >= 0.6 is 0 Å². The van der Waals surface area contributed by atoms with E-state index in [0.29, 0.717) is 6.04 Å². The second kappa shape index (κ2) is 6.35. The number of nitrogens with zero attached hydrogens (tertiary/aromatic N) is 1. The van der Waals surface area contributed by atoms with E-state index in [1.807, 2.05) is 7.05 Å². The molecule has 0 heterocycles. The lowest BCUT2D eigenvalue weighted by Gasteiger charge is -2.28. The minimum absolute atomic E-state index is 0.0661. The zero-order valence-corrected chi connectivity index (χ0v) is 11.7. The molecule has 0 unspecified atom stereocenters. The molecule has 0 atom stereocenters. The number of alkyl halides is 3. The molecule has 3 nitrogen and oxygen atoms in total. The number of nitrogens with one attached hydrogen (secondary N) is 1. The summed E-state index contributed by atoms with van der Waals surface area (Å²) in [4.78, 5) is 0. The molecule has 2 rings (SSSR count). The summed E-state index contributed by atoms with van der Waals surface area (Å²) in [6.07, 6.45) is -1.09. The highest BCUT2D eigenvalue weighted by atomic mass is 19.4. The van der Waals surface area contributed by atoms with Crippen molar-refractivity contribution in [3.63, 3.8) is 0 Å². The number of rotatable bonds is 3. The van der Waals surface area contributed by atoms with E-state index in [9.17, 15) is 13.2 Å².